The van der Waals surface area contributed by atoms with E-state index < -0.39 is 4.87 Å². The highest BCUT2D eigenvalue weighted by molar-refractivity contribution is 6.36. The predicted molar refractivity (Wildman–Crippen MR) is 53.5 cm³/mol. The monoisotopic (exact) mass is 201 g/mol. The van der Waals surface area contributed by atoms with Gasteiger partial charge in [0.1, 0.15) is 0 Å². The van der Waals surface area contributed by atoms with Crippen LogP contribution in [0, 0.1) is 17.3 Å². The molecule has 2 aliphatic rings. The molecule has 2 rings (SSSR count). The summed E-state index contributed by atoms with van der Waals surface area (Å²) in [4.78, 5) is -0.413. The first-order chi connectivity index (χ1) is 5.89. The molecule has 74 valence electrons. The summed E-state index contributed by atoms with van der Waals surface area (Å²) in [6.07, 6.45) is 1.82. The van der Waals surface area contributed by atoms with Crippen molar-refractivity contribution in [1.82, 2.24) is 0 Å². The molecule has 3 heteroatoms. The van der Waals surface area contributed by atoms with E-state index in [1.54, 1.807) is 0 Å². The second kappa shape index (κ2) is 2.41. The fourth-order valence-electron chi connectivity index (χ4n) is 2.77. The minimum absolute atomic E-state index is 0.405. The van der Waals surface area contributed by atoms with E-state index in [9.17, 15) is 0 Å². The predicted octanol–water partition coefficient (Wildman–Crippen LogP) is 2.88. The Morgan fingerprint density at radius 2 is 2.00 bits per heavy atom. The molecule has 2 fully saturated rings. The summed E-state index contributed by atoms with van der Waals surface area (Å²) in [5, 5.41) is 12.2. The summed E-state index contributed by atoms with van der Waals surface area (Å²) in [7, 11) is 0. The zero-order valence-electron chi connectivity index (χ0n) is 8.34. The van der Waals surface area contributed by atoms with Crippen LogP contribution in [0.4, 0.5) is 0 Å². The molecule has 0 aromatic rings. The summed E-state index contributed by atoms with van der Waals surface area (Å²) in [5.74, 6) is 1.41. The zero-order valence-corrected chi connectivity index (χ0v) is 9.10. The van der Waals surface area contributed by atoms with Crippen molar-refractivity contribution >= 4 is 17.3 Å². The molecule has 2 nitrogen and oxygen atoms in total. The summed E-state index contributed by atoms with van der Waals surface area (Å²) < 4.78 is 0. The lowest BCUT2D eigenvalue weighted by molar-refractivity contribution is 0.311. The van der Waals surface area contributed by atoms with E-state index in [1.165, 1.54) is 0 Å². The molecule has 0 spiro atoms. The Kier molecular flexibility index (Phi) is 1.73. The number of hydrogen-bond acceptors (Lipinski definition) is 2. The summed E-state index contributed by atoms with van der Waals surface area (Å²) >= 11 is 6.30. The van der Waals surface area contributed by atoms with Crippen LogP contribution in [0.15, 0.2) is 5.16 Å². The Morgan fingerprint density at radius 1 is 1.38 bits per heavy atom. The molecule has 0 radical (unpaired) electrons. The van der Waals surface area contributed by atoms with Crippen molar-refractivity contribution in [2.75, 3.05) is 0 Å². The lowest BCUT2D eigenvalue weighted by Gasteiger charge is -2.26. The van der Waals surface area contributed by atoms with E-state index >= 15 is 0 Å². The van der Waals surface area contributed by atoms with Gasteiger partial charge in [0.25, 0.3) is 0 Å². The smallest absolute Gasteiger partial charge is 0.0834 e. The van der Waals surface area contributed by atoms with Crippen LogP contribution in [0.3, 0.4) is 0 Å². The quantitative estimate of drug-likeness (QED) is 0.365. The van der Waals surface area contributed by atoms with Gasteiger partial charge in [-0.2, -0.15) is 0 Å². The van der Waals surface area contributed by atoms with Crippen molar-refractivity contribution in [1.29, 1.82) is 0 Å². The van der Waals surface area contributed by atoms with Crippen LogP contribution in [0.1, 0.15) is 33.6 Å². The molecule has 3 atom stereocenters. The van der Waals surface area contributed by atoms with Crippen molar-refractivity contribution in [3.05, 3.63) is 0 Å². The second-order valence-corrected chi connectivity index (χ2v) is 6.02. The number of fused-ring (bicyclic) bond motifs is 1. The average molecular weight is 202 g/mol. The van der Waals surface area contributed by atoms with Gasteiger partial charge >= 0.3 is 0 Å². The number of rotatable bonds is 0. The average Bonchev–Trinajstić information content (AvgIpc) is 2.50. The number of nitrogens with zero attached hydrogens (tertiary/aromatic N) is 1. The van der Waals surface area contributed by atoms with Crippen molar-refractivity contribution in [2.24, 2.45) is 22.4 Å². The largest absolute Gasteiger partial charge is 0.411 e. The van der Waals surface area contributed by atoms with Crippen LogP contribution < -0.4 is 0 Å². The van der Waals surface area contributed by atoms with Gasteiger partial charge in [-0.15, -0.1) is 11.6 Å². The van der Waals surface area contributed by atoms with Crippen LogP contribution in [0.2, 0.25) is 0 Å². The molecular weight excluding hydrogens is 186 g/mol. The van der Waals surface area contributed by atoms with E-state index in [0.29, 0.717) is 11.3 Å². The van der Waals surface area contributed by atoms with Gasteiger partial charge in [-0.3, -0.25) is 0 Å². The molecule has 0 heterocycles. The van der Waals surface area contributed by atoms with Gasteiger partial charge in [-0.1, -0.05) is 19.0 Å². The van der Waals surface area contributed by atoms with Crippen LogP contribution in [0.5, 0.6) is 0 Å². The Hall–Kier alpha value is -0.240. The standard InChI is InChI=1S/C10H16ClNO/c1-9(2)6-4-8(12-13)10(3,11)5-7(6)9/h6-7,13H,4-5H2,1-3H3/b12-8+/t6-,7+,10+/m1/s1. The fraction of sp³-hybridized carbons (Fsp3) is 0.900. The first kappa shape index (κ1) is 9.32. The van der Waals surface area contributed by atoms with E-state index in [-0.39, 0.29) is 0 Å². The van der Waals surface area contributed by atoms with Crippen molar-refractivity contribution < 1.29 is 5.21 Å². The van der Waals surface area contributed by atoms with Gasteiger partial charge in [0.15, 0.2) is 0 Å². The van der Waals surface area contributed by atoms with Crippen LogP contribution in [-0.4, -0.2) is 15.8 Å². The molecule has 0 saturated heterocycles. The van der Waals surface area contributed by atoms with Crippen molar-refractivity contribution in [3.8, 4) is 0 Å². The minimum atomic E-state index is -0.413. The third-order valence-corrected chi connectivity index (χ3v) is 4.40. The Bertz CT molecular complexity index is 270. The molecular formula is C10H16ClNO. The fourth-order valence-corrected chi connectivity index (χ4v) is 3.05. The van der Waals surface area contributed by atoms with Crippen LogP contribution in [0.25, 0.3) is 0 Å². The maximum atomic E-state index is 8.84. The van der Waals surface area contributed by atoms with Crippen molar-refractivity contribution in [3.63, 3.8) is 0 Å². The lowest BCUT2D eigenvalue weighted by atomic mass is 9.88. The van der Waals surface area contributed by atoms with Gasteiger partial charge in [-0.05, 0) is 37.0 Å². The van der Waals surface area contributed by atoms with E-state index in [2.05, 4.69) is 19.0 Å². The first-order valence-electron chi connectivity index (χ1n) is 4.80. The Labute approximate surface area is 84.0 Å². The molecule has 0 aromatic carbocycles. The SMILES string of the molecule is CC1(C)[C@@H]2C/C(=N\O)[C@@](C)(Cl)C[C@@H]21. The Balaban J connectivity index is 2.22. The molecule has 2 aliphatic carbocycles. The van der Waals surface area contributed by atoms with Crippen LogP contribution >= 0.6 is 11.6 Å². The molecule has 2 saturated carbocycles. The summed E-state index contributed by atoms with van der Waals surface area (Å²) in [6.45, 7) is 6.50. The number of oxime groups is 1. The van der Waals surface area contributed by atoms with Crippen molar-refractivity contribution in [2.45, 2.75) is 38.5 Å². The van der Waals surface area contributed by atoms with E-state index in [1.807, 2.05) is 6.92 Å². The highest BCUT2D eigenvalue weighted by Gasteiger charge is 2.63. The third-order valence-electron chi connectivity index (χ3n) is 4.03. The van der Waals surface area contributed by atoms with Gasteiger partial charge in [0, 0.05) is 0 Å². The van der Waals surface area contributed by atoms with Gasteiger partial charge in [0.05, 0.1) is 10.6 Å². The molecule has 0 aliphatic heterocycles. The lowest BCUT2D eigenvalue weighted by Crippen LogP contribution is -2.33. The Morgan fingerprint density at radius 3 is 2.54 bits per heavy atom. The molecule has 0 unspecified atom stereocenters. The molecule has 1 N–H and O–H groups in total. The molecule has 13 heavy (non-hydrogen) atoms. The second-order valence-electron chi connectivity index (χ2n) is 5.19. The van der Waals surface area contributed by atoms with Crippen LogP contribution in [-0.2, 0) is 0 Å². The summed E-state index contributed by atoms with van der Waals surface area (Å²) in [5.41, 5.74) is 1.17. The highest BCUT2D eigenvalue weighted by Crippen LogP contribution is 2.66. The maximum absolute atomic E-state index is 8.84. The molecule has 0 amide bonds. The van der Waals surface area contributed by atoms with E-state index in [0.717, 1.165) is 24.5 Å². The van der Waals surface area contributed by atoms with Gasteiger partial charge < -0.3 is 5.21 Å². The molecule has 0 aromatic heterocycles. The third kappa shape index (κ3) is 1.18. The highest BCUT2D eigenvalue weighted by atomic mass is 35.5. The number of alkyl halides is 1. The van der Waals surface area contributed by atoms with Gasteiger partial charge in [0.2, 0.25) is 0 Å². The zero-order chi connectivity index (χ0) is 9.85. The number of halogens is 1. The topological polar surface area (TPSA) is 32.6 Å². The van der Waals surface area contributed by atoms with E-state index in [4.69, 9.17) is 16.8 Å². The molecule has 0 bridgehead atoms. The minimum Gasteiger partial charge on any atom is -0.411 e. The normalized spacial score (nSPS) is 50.3. The van der Waals surface area contributed by atoms with Gasteiger partial charge in [-0.25, -0.2) is 0 Å². The first-order valence-corrected chi connectivity index (χ1v) is 5.17. The summed E-state index contributed by atoms with van der Waals surface area (Å²) in [6, 6.07) is 0. The number of hydrogen-bond donors (Lipinski definition) is 1. The maximum Gasteiger partial charge on any atom is 0.0834 e.